The van der Waals surface area contributed by atoms with Crippen LogP contribution in [-0.4, -0.2) is 65.7 Å². The summed E-state index contributed by atoms with van der Waals surface area (Å²) in [5.41, 5.74) is 0. The Hall–Kier alpha value is -1.03. The number of esters is 2. The summed E-state index contributed by atoms with van der Waals surface area (Å²) in [6, 6.07) is 0. The highest BCUT2D eigenvalue weighted by Gasteiger charge is 2.27. The number of carbonyl (C=O) groups excluding carboxylic acids is 2. The number of ether oxygens (including phenoxy) is 2. The first-order valence-corrected chi connectivity index (χ1v) is 25.0. The topological polar surface area (TPSA) is 149 Å². The molecule has 56 heavy (non-hydrogen) atoms. The number of hydrogen-bond donors (Lipinski definition) is 3. The van der Waals surface area contributed by atoms with E-state index in [4.69, 9.17) is 18.5 Å². The maximum Gasteiger partial charge on any atom is 0.472 e. The molecule has 0 fully saturated rings. The molecule has 0 aromatic carbocycles. The lowest BCUT2D eigenvalue weighted by Crippen LogP contribution is -2.28. The van der Waals surface area contributed by atoms with Crippen molar-refractivity contribution in [2.24, 2.45) is 0 Å². The Labute approximate surface area is 344 Å². The van der Waals surface area contributed by atoms with Crippen LogP contribution >= 0.6 is 7.82 Å². The summed E-state index contributed by atoms with van der Waals surface area (Å²) in [5, 5.41) is 19.2. The molecule has 0 spiro atoms. The van der Waals surface area contributed by atoms with E-state index in [0.717, 1.165) is 38.5 Å². The van der Waals surface area contributed by atoms with Gasteiger partial charge in [0.05, 0.1) is 26.4 Å². The second kappa shape index (κ2) is 42.1. The number of unbranched alkanes of at least 4 members (excludes halogenated alkanes) is 31. The lowest BCUT2D eigenvalue weighted by Gasteiger charge is -2.20. The SMILES string of the molecule is CCCCCCCCCCCCCCCCCCCCCCCCC(=O)OC(CO)COP(=O)(O)OCC(CO)OC(=O)CCCCCCCCCCCCC. The van der Waals surface area contributed by atoms with E-state index in [1.54, 1.807) is 0 Å². The third kappa shape index (κ3) is 39.8. The van der Waals surface area contributed by atoms with E-state index in [2.05, 4.69) is 13.8 Å². The van der Waals surface area contributed by atoms with E-state index >= 15 is 0 Å². The first-order valence-electron chi connectivity index (χ1n) is 23.5. The molecule has 0 bridgehead atoms. The largest absolute Gasteiger partial charge is 0.472 e. The van der Waals surface area contributed by atoms with Gasteiger partial charge in [-0.3, -0.25) is 18.6 Å². The minimum atomic E-state index is -4.63. The molecular formula is C45H89O10P. The van der Waals surface area contributed by atoms with Crippen molar-refractivity contribution in [3.63, 3.8) is 0 Å². The molecule has 3 unspecified atom stereocenters. The molecular weight excluding hydrogens is 731 g/mol. The molecule has 0 amide bonds. The van der Waals surface area contributed by atoms with Crippen LogP contribution in [0.3, 0.4) is 0 Å². The summed E-state index contributed by atoms with van der Waals surface area (Å²) >= 11 is 0. The third-order valence-corrected chi connectivity index (χ3v) is 11.5. The number of phosphoric ester groups is 1. The van der Waals surface area contributed by atoms with Crippen LogP contribution in [0.5, 0.6) is 0 Å². The molecule has 10 nitrogen and oxygen atoms in total. The molecule has 0 saturated carbocycles. The van der Waals surface area contributed by atoms with Gasteiger partial charge in [0.25, 0.3) is 0 Å². The number of aliphatic hydroxyl groups excluding tert-OH is 2. The van der Waals surface area contributed by atoms with E-state index in [1.807, 2.05) is 0 Å². The maximum atomic E-state index is 12.4. The predicted molar refractivity (Wildman–Crippen MR) is 229 cm³/mol. The van der Waals surface area contributed by atoms with Gasteiger partial charge >= 0.3 is 19.8 Å². The second-order valence-electron chi connectivity index (χ2n) is 16.1. The average molecular weight is 821 g/mol. The first kappa shape index (κ1) is 55.0. The van der Waals surface area contributed by atoms with Crippen molar-refractivity contribution in [1.29, 1.82) is 0 Å². The highest BCUT2D eigenvalue weighted by atomic mass is 31.2. The summed E-state index contributed by atoms with van der Waals surface area (Å²) in [6.45, 7) is 2.24. The molecule has 0 aromatic heterocycles. The Bertz CT molecular complexity index is 904. The average Bonchev–Trinajstić information content (AvgIpc) is 3.19. The summed E-state index contributed by atoms with van der Waals surface area (Å²) in [7, 11) is -4.63. The number of aliphatic hydroxyl groups is 2. The van der Waals surface area contributed by atoms with E-state index in [1.165, 1.54) is 161 Å². The van der Waals surface area contributed by atoms with Crippen molar-refractivity contribution in [1.82, 2.24) is 0 Å². The molecule has 11 heteroatoms. The maximum absolute atomic E-state index is 12.4. The molecule has 0 saturated heterocycles. The zero-order valence-corrected chi connectivity index (χ0v) is 37.3. The minimum Gasteiger partial charge on any atom is -0.457 e. The molecule has 0 aliphatic heterocycles. The zero-order valence-electron chi connectivity index (χ0n) is 36.4. The molecule has 3 N–H and O–H groups in total. The van der Waals surface area contributed by atoms with Crippen LogP contribution in [0.15, 0.2) is 0 Å². The van der Waals surface area contributed by atoms with Gasteiger partial charge in [0, 0.05) is 12.8 Å². The molecule has 0 rings (SSSR count). The number of phosphoric acid groups is 1. The molecule has 0 aromatic rings. The lowest BCUT2D eigenvalue weighted by molar-refractivity contribution is -0.153. The Morgan fingerprint density at radius 3 is 0.839 bits per heavy atom. The molecule has 3 atom stereocenters. The van der Waals surface area contributed by atoms with Crippen molar-refractivity contribution < 1.29 is 47.8 Å². The summed E-state index contributed by atoms with van der Waals surface area (Å²) in [4.78, 5) is 34.5. The van der Waals surface area contributed by atoms with Gasteiger partial charge < -0.3 is 24.6 Å². The van der Waals surface area contributed by atoms with Crippen LogP contribution < -0.4 is 0 Å². The van der Waals surface area contributed by atoms with E-state index in [-0.39, 0.29) is 12.8 Å². The standard InChI is InChI=1S/C45H89O10P/c1-3-5-7-9-11-13-15-16-17-18-19-20-21-22-23-24-25-27-29-31-33-35-37-45(49)55-43(39-47)41-53-56(50,51)52-40-42(38-46)54-44(48)36-34-32-30-28-26-14-12-10-8-6-4-2/h42-43,46-47H,3-41H2,1-2H3,(H,50,51). The predicted octanol–water partition coefficient (Wildman–Crippen LogP) is 12.6. The Kier molecular flexibility index (Phi) is 41.3. The van der Waals surface area contributed by atoms with Gasteiger partial charge in [0.1, 0.15) is 12.2 Å². The summed E-state index contributed by atoms with van der Waals surface area (Å²) in [5.74, 6) is -1.00. The van der Waals surface area contributed by atoms with Gasteiger partial charge in [0.15, 0.2) is 0 Å². The van der Waals surface area contributed by atoms with Crippen molar-refractivity contribution in [3.8, 4) is 0 Å². The molecule has 0 aliphatic carbocycles. The normalized spacial score (nSPS) is 13.7. The molecule has 334 valence electrons. The number of hydrogen-bond acceptors (Lipinski definition) is 9. The number of carbonyl (C=O) groups is 2. The lowest BCUT2D eigenvalue weighted by atomic mass is 10.0. The minimum absolute atomic E-state index is 0.198. The molecule has 0 heterocycles. The first-order chi connectivity index (χ1) is 27.3. The molecule has 0 radical (unpaired) electrons. The van der Waals surface area contributed by atoms with E-state index in [9.17, 15) is 29.3 Å². The smallest absolute Gasteiger partial charge is 0.457 e. The summed E-state index contributed by atoms with van der Waals surface area (Å²) in [6.07, 6.45) is 39.4. The van der Waals surface area contributed by atoms with Gasteiger partial charge in [-0.25, -0.2) is 4.57 Å². The van der Waals surface area contributed by atoms with Crippen LogP contribution in [0.2, 0.25) is 0 Å². The summed E-state index contributed by atoms with van der Waals surface area (Å²) < 4.78 is 32.6. The van der Waals surface area contributed by atoms with Crippen LogP contribution in [0.25, 0.3) is 0 Å². The molecule has 0 aliphatic rings. The quantitative estimate of drug-likeness (QED) is 0.0308. The van der Waals surface area contributed by atoms with Crippen LogP contribution in [0.4, 0.5) is 0 Å². The fraction of sp³-hybridized carbons (Fsp3) is 0.956. The van der Waals surface area contributed by atoms with Gasteiger partial charge in [0.2, 0.25) is 0 Å². The van der Waals surface area contributed by atoms with Gasteiger partial charge in [-0.05, 0) is 12.8 Å². The van der Waals surface area contributed by atoms with E-state index in [0.29, 0.717) is 12.8 Å². The van der Waals surface area contributed by atoms with Crippen molar-refractivity contribution in [2.75, 3.05) is 26.4 Å². The highest BCUT2D eigenvalue weighted by molar-refractivity contribution is 7.47. The number of rotatable bonds is 45. The fourth-order valence-electron chi connectivity index (χ4n) is 6.94. The Morgan fingerprint density at radius 1 is 0.411 bits per heavy atom. The van der Waals surface area contributed by atoms with Crippen molar-refractivity contribution in [3.05, 3.63) is 0 Å². The highest BCUT2D eigenvalue weighted by Crippen LogP contribution is 2.43. The zero-order chi connectivity index (χ0) is 41.2. The van der Waals surface area contributed by atoms with Crippen LogP contribution in [0, 0.1) is 0 Å². The van der Waals surface area contributed by atoms with Crippen molar-refractivity contribution >= 4 is 19.8 Å². The monoisotopic (exact) mass is 821 g/mol. The Morgan fingerprint density at radius 2 is 0.625 bits per heavy atom. The fourth-order valence-corrected chi connectivity index (χ4v) is 7.73. The van der Waals surface area contributed by atoms with Gasteiger partial charge in [-0.2, -0.15) is 0 Å². The second-order valence-corrected chi connectivity index (χ2v) is 17.6. The van der Waals surface area contributed by atoms with Gasteiger partial charge in [-0.15, -0.1) is 0 Å². The van der Waals surface area contributed by atoms with E-state index < -0.39 is 58.4 Å². The Balaban J connectivity index is 3.79. The van der Waals surface area contributed by atoms with Gasteiger partial charge in [-0.1, -0.05) is 213 Å². The van der Waals surface area contributed by atoms with Crippen LogP contribution in [0.1, 0.15) is 239 Å². The van der Waals surface area contributed by atoms with Crippen molar-refractivity contribution in [2.45, 2.75) is 251 Å². The third-order valence-electron chi connectivity index (χ3n) is 10.6. The van der Waals surface area contributed by atoms with Crippen LogP contribution in [-0.2, 0) is 32.7 Å².